The Morgan fingerprint density at radius 1 is 1.25 bits per heavy atom. The molecule has 0 bridgehead atoms. The van der Waals surface area contributed by atoms with Gasteiger partial charge in [0.05, 0.1) is 6.61 Å². The van der Waals surface area contributed by atoms with Crippen LogP contribution in [0.5, 0.6) is 11.5 Å². The number of aromatic nitrogens is 1. The molecule has 106 valence electrons. The SMILES string of the molecule is CC(C)c1cnc(-c2cc3c(cc2CO)OCCO3)s1. The number of aliphatic hydroxyl groups is 1. The number of aliphatic hydroxyl groups excluding tert-OH is 1. The molecule has 3 rings (SSSR count). The lowest BCUT2D eigenvalue weighted by molar-refractivity contribution is 0.171. The Morgan fingerprint density at radius 3 is 2.55 bits per heavy atom. The van der Waals surface area contributed by atoms with Crippen LogP contribution >= 0.6 is 11.3 Å². The highest BCUT2D eigenvalue weighted by Gasteiger charge is 2.18. The van der Waals surface area contributed by atoms with E-state index < -0.39 is 0 Å². The molecular weight excluding hydrogens is 274 g/mol. The Bertz CT molecular complexity index is 622. The Kier molecular flexibility index (Phi) is 3.63. The van der Waals surface area contributed by atoms with Gasteiger partial charge >= 0.3 is 0 Å². The predicted molar refractivity (Wildman–Crippen MR) is 78.6 cm³/mol. The van der Waals surface area contributed by atoms with Crippen molar-refractivity contribution in [2.24, 2.45) is 0 Å². The van der Waals surface area contributed by atoms with Crippen LogP contribution in [0.25, 0.3) is 10.6 Å². The number of thiazole rings is 1. The zero-order valence-electron chi connectivity index (χ0n) is 11.5. The van der Waals surface area contributed by atoms with Crippen molar-refractivity contribution < 1.29 is 14.6 Å². The van der Waals surface area contributed by atoms with E-state index in [-0.39, 0.29) is 6.61 Å². The number of benzene rings is 1. The van der Waals surface area contributed by atoms with E-state index in [1.54, 1.807) is 11.3 Å². The maximum atomic E-state index is 9.58. The van der Waals surface area contributed by atoms with Crippen LogP contribution in [0.15, 0.2) is 18.3 Å². The fourth-order valence-corrected chi connectivity index (χ4v) is 3.11. The zero-order valence-corrected chi connectivity index (χ0v) is 12.4. The molecule has 1 aliphatic rings. The van der Waals surface area contributed by atoms with Gasteiger partial charge in [-0.15, -0.1) is 11.3 Å². The van der Waals surface area contributed by atoms with Gasteiger partial charge < -0.3 is 14.6 Å². The first-order valence-corrected chi connectivity index (χ1v) is 7.50. The minimum absolute atomic E-state index is 0.0391. The molecule has 5 heteroatoms. The van der Waals surface area contributed by atoms with E-state index in [0.717, 1.165) is 21.9 Å². The normalized spacial score (nSPS) is 13.8. The Balaban J connectivity index is 2.06. The highest BCUT2D eigenvalue weighted by Crippen LogP contribution is 2.39. The summed E-state index contributed by atoms with van der Waals surface area (Å²) in [6.07, 6.45) is 1.91. The maximum Gasteiger partial charge on any atom is 0.162 e. The van der Waals surface area contributed by atoms with Crippen molar-refractivity contribution in [2.75, 3.05) is 13.2 Å². The standard InChI is InChI=1S/C15H17NO3S/c1-9(2)14-7-16-15(20-14)11-6-13-12(5-10(11)8-17)18-3-4-19-13/h5-7,9,17H,3-4,8H2,1-2H3. The molecule has 1 aromatic heterocycles. The van der Waals surface area contributed by atoms with Crippen molar-refractivity contribution in [3.63, 3.8) is 0 Å². The van der Waals surface area contributed by atoms with Crippen LogP contribution in [0.3, 0.4) is 0 Å². The van der Waals surface area contributed by atoms with Crippen LogP contribution in [-0.2, 0) is 6.61 Å². The highest BCUT2D eigenvalue weighted by atomic mass is 32.1. The summed E-state index contributed by atoms with van der Waals surface area (Å²) in [6, 6.07) is 3.77. The van der Waals surface area contributed by atoms with Gasteiger partial charge in [0.1, 0.15) is 18.2 Å². The summed E-state index contributed by atoms with van der Waals surface area (Å²) in [4.78, 5) is 5.71. The van der Waals surface area contributed by atoms with E-state index in [4.69, 9.17) is 9.47 Å². The molecule has 4 nitrogen and oxygen atoms in total. The minimum Gasteiger partial charge on any atom is -0.486 e. The fraction of sp³-hybridized carbons (Fsp3) is 0.400. The lowest BCUT2D eigenvalue weighted by atomic mass is 10.1. The molecular formula is C15H17NO3S. The Morgan fingerprint density at radius 2 is 1.95 bits per heavy atom. The summed E-state index contributed by atoms with van der Waals surface area (Å²) in [5.74, 6) is 1.88. The Hall–Kier alpha value is -1.59. The molecule has 0 fully saturated rings. The van der Waals surface area contributed by atoms with Crippen LogP contribution in [0.4, 0.5) is 0 Å². The first kappa shape index (κ1) is 13.4. The first-order valence-electron chi connectivity index (χ1n) is 6.68. The fourth-order valence-electron chi connectivity index (χ4n) is 2.14. The molecule has 2 heterocycles. The second-order valence-corrected chi connectivity index (χ2v) is 6.10. The number of fused-ring (bicyclic) bond motifs is 1. The van der Waals surface area contributed by atoms with Crippen LogP contribution in [0.1, 0.15) is 30.2 Å². The molecule has 0 amide bonds. The molecule has 0 saturated heterocycles. The number of ether oxygens (including phenoxy) is 2. The summed E-state index contributed by atoms with van der Waals surface area (Å²) >= 11 is 1.66. The van der Waals surface area contributed by atoms with Crippen LogP contribution in [0.2, 0.25) is 0 Å². The highest BCUT2D eigenvalue weighted by molar-refractivity contribution is 7.15. The van der Waals surface area contributed by atoms with E-state index >= 15 is 0 Å². The first-order chi connectivity index (χ1) is 9.69. The van der Waals surface area contributed by atoms with Gasteiger partial charge in [-0.25, -0.2) is 4.98 Å². The van der Waals surface area contributed by atoms with Crippen LogP contribution < -0.4 is 9.47 Å². The maximum absolute atomic E-state index is 9.58. The molecule has 0 radical (unpaired) electrons. The third-order valence-corrected chi connectivity index (χ3v) is 4.59. The van der Waals surface area contributed by atoms with Crippen molar-refractivity contribution in [2.45, 2.75) is 26.4 Å². The molecule has 20 heavy (non-hydrogen) atoms. The van der Waals surface area contributed by atoms with Gasteiger partial charge in [0.25, 0.3) is 0 Å². The van der Waals surface area contributed by atoms with E-state index in [1.165, 1.54) is 4.88 Å². The number of rotatable bonds is 3. The lowest BCUT2D eigenvalue weighted by Gasteiger charge is -2.20. The molecule has 0 unspecified atom stereocenters. The second-order valence-electron chi connectivity index (χ2n) is 5.03. The second kappa shape index (κ2) is 5.42. The largest absolute Gasteiger partial charge is 0.486 e. The number of hydrogen-bond donors (Lipinski definition) is 1. The van der Waals surface area contributed by atoms with Gasteiger partial charge in [-0.2, -0.15) is 0 Å². The van der Waals surface area contributed by atoms with Gasteiger partial charge in [-0.1, -0.05) is 13.8 Å². The molecule has 2 aromatic rings. The lowest BCUT2D eigenvalue weighted by Crippen LogP contribution is -2.15. The molecule has 0 atom stereocenters. The van der Waals surface area contributed by atoms with Crippen LogP contribution in [-0.4, -0.2) is 23.3 Å². The third-order valence-electron chi connectivity index (χ3n) is 3.26. The van der Waals surface area contributed by atoms with E-state index in [1.807, 2.05) is 18.3 Å². The van der Waals surface area contributed by atoms with Gasteiger partial charge in [0.2, 0.25) is 0 Å². The molecule has 1 aromatic carbocycles. The number of hydrogen-bond acceptors (Lipinski definition) is 5. The molecule has 1 aliphatic heterocycles. The van der Waals surface area contributed by atoms with Gasteiger partial charge in [-0.3, -0.25) is 0 Å². The summed E-state index contributed by atoms with van der Waals surface area (Å²) in [6.45, 7) is 5.36. The topological polar surface area (TPSA) is 51.6 Å². The number of nitrogens with zero attached hydrogens (tertiary/aromatic N) is 1. The van der Waals surface area contributed by atoms with Crippen molar-refractivity contribution in [3.05, 3.63) is 28.8 Å². The van der Waals surface area contributed by atoms with Crippen LogP contribution in [0, 0.1) is 0 Å². The third kappa shape index (κ3) is 2.39. The smallest absolute Gasteiger partial charge is 0.162 e. The Labute approximate surface area is 122 Å². The van der Waals surface area contributed by atoms with E-state index in [0.29, 0.717) is 24.9 Å². The van der Waals surface area contributed by atoms with E-state index in [2.05, 4.69) is 18.8 Å². The predicted octanol–water partition coefficient (Wildman–Crippen LogP) is 3.20. The average molecular weight is 291 g/mol. The van der Waals surface area contributed by atoms with E-state index in [9.17, 15) is 5.11 Å². The van der Waals surface area contributed by atoms with Crippen molar-refractivity contribution in [1.29, 1.82) is 0 Å². The van der Waals surface area contributed by atoms with Gasteiger partial charge in [0, 0.05) is 16.6 Å². The minimum atomic E-state index is -0.0391. The van der Waals surface area contributed by atoms with Gasteiger partial charge in [0.15, 0.2) is 11.5 Å². The average Bonchev–Trinajstić information content (AvgIpc) is 2.95. The molecule has 0 spiro atoms. The van der Waals surface area contributed by atoms with Gasteiger partial charge in [-0.05, 0) is 23.6 Å². The zero-order chi connectivity index (χ0) is 14.1. The molecule has 0 aliphatic carbocycles. The van der Waals surface area contributed by atoms with Crippen molar-refractivity contribution in [3.8, 4) is 22.1 Å². The van der Waals surface area contributed by atoms with Crippen molar-refractivity contribution >= 4 is 11.3 Å². The summed E-state index contributed by atoms with van der Waals surface area (Å²) < 4.78 is 11.2. The molecule has 0 saturated carbocycles. The molecule has 1 N–H and O–H groups in total. The summed E-state index contributed by atoms with van der Waals surface area (Å²) in [5.41, 5.74) is 1.74. The summed E-state index contributed by atoms with van der Waals surface area (Å²) in [5, 5.41) is 10.5. The monoisotopic (exact) mass is 291 g/mol. The quantitative estimate of drug-likeness (QED) is 0.943. The van der Waals surface area contributed by atoms with Crippen molar-refractivity contribution in [1.82, 2.24) is 4.98 Å². The summed E-state index contributed by atoms with van der Waals surface area (Å²) in [7, 11) is 0.